The van der Waals surface area contributed by atoms with Crippen LogP contribution in [0.5, 0.6) is 0 Å². The van der Waals surface area contributed by atoms with Gasteiger partial charge in [-0.1, -0.05) is 20.8 Å². The highest BCUT2D eigenvalue weighted by atomic mass is 15.3. The van der Waals surface area contributed by atoms with Crippen LogP contribution in [-0.2, 0) is 7.05 Å². The van der Waals surface area contributed by atoms with Crippen LogP contribution in [0, 0.1) is 5.41 Å². The molecule has 1 aromatic rings. The maximum atomic E-state index is 6.09. The molecule has 0 radical (unpaired) electrons. The summed E-state index contributed by atoms with van der Waals surface area (Å²) in [5, 5.41) is 11.0. The average Bonchev–Trinajstić information content (AvgIpc) is 2.43. The minimum atomic E-state index is -0.109. The molecule has 1 rings (SSSR count). The van der Waals surface area contributed by atoms with Crippen molar-refractivity contribution >= 4 is 5.95 Å². The Morgan fingerprint density at radius 3 is 2.29 bits per heavy atom. The van der Waals surface area contributed by atoms with E-state index in [2.05, 4.69) is 36.3 Å². The molecule has 0 fully saturated rings. The summed E-state index contributed by atoms with van der Waals surface area (Å²) in [5.74, 6) is 1.54. The van der Waals surface area contributed by atoms with Gasteiger partial charge < -0.3 is 11.1 Å². The van der Waals surface area contributed by atoms with Crippen molar-refractivity contribution in [2.75, 3.05) is 12.4 Å². The number of nitrogens with two attached hydrogens (primary N) is 1. The summed E-state index contributed by atoms with van der Waals surface area (Å²) in [4.78, 5) is 0. The van der Waals surface area contributed by atoms with Crippen molar-refractivity contribution in [3.8, 4) is 0 Å². The zero-order valence-corrected chi connectivity index (χ0v) is 9.50. The Balaban J connectivity index is 3.02. The van der Waals surface area contributed by atoms with E-state index in [4.69, 9.17) is 5.73 Å². The van der Waals surface area contributed by atoms with Crippen molar-refractivity contribution in [1.29, 1.82) is 0 Å². The molecule has 1 heterocycles. The van der Waals surface area contributed by atoms with Crippen LogP contribution in [0.15, 0.2) is 0 Å². The fourth-order valence-corrected chi connectivity index (χ4v) is 1.22. The van der Waals surface area contributed by atoms with Crippen molar-refractivity contribution in [3.63, 3.8) is 0 Å². The molecule has 1 unspecified atom stereocenters. The van der Waals surface area contributed by atoms with Crippen LogP contribution in [0.4, 0.5) is 5.95 Å². The highest BCUT2D eigenvalue weighted by molar-refractivity contribution is 5.25. The average molecular weight is 197 g/mol. The molecule has 0 saturated heterocycles. The van der Waals surface area contributed by atoms with Crippen LogP contribution in [0.25, 0.3) is 0 Å². The maximum absolute atomic E-state index is 6.09. The van der Waals surface area contributed by atoms with Gasteiger partial charge in [-0.2, -0.15) is 0 Å². The smallest absolute Gasteiger partial charge is 0.224 e. The number of rotatable bonds is 2. The van der Waals surface area contributed by atoms with E-state index in [1.54, 1.807) is 0 Å². The third-order valence-corrected chi connectivity index (χ3v) is 2.34. The summed E-state index contributed by atoms with van der Waals surface area (Å²) in [7, 11) is 3.73. The van der Waals surface area contributed by atoms with Gasteiger partial charge in [0.15, 0.2) is 5.82 Å². The Morgan fingerprint density at radius 1 is 1.36 bits per heavy atom. The summed E-state index contributed by atoms with van der Waals surface area (Å²) in [6, 6.07) is -0.109. The van der Waals surface area contributed by atoms with Crippen molar-refractivity contribution in [2.45, 2.75) is 26.8 Å². The Bertz CT molecular complexity index is 309. The van der Waals surface area contributed by atoms with Crippen molar-refractivity contribution in [2.24, 2.45) is 18.2 Å². The molecule has 14 heavy (non-hydrogen) atoms. The lowest BCUT2D eigenvalue weighted by molar-refractivity contribution is 0.310. The molecule has 0 aliphatic heterocycles. The molecule has 5 nitrogen and oxygen atoms in total. The van der Waals surface area contributed by atoms with Crippen LogP contribution >= 0.6 is 0 Å². The summed E-state index contributed by atoms with van der Waals surface area (Å²) >= 11 is 0. The minimum absolute atomic E-state index is 0.00813. The first-order chi connectivity index (χ1) is 6.38. The second-order valence-corrected chi connectivity index (χ2v) is 4.53. The minimum Gasteiger partial charge on any atom is -0.357 e. The van der Waals surface area contributed by atoms with Crippen LogP contribution in [0.2, 0.25) is 0 Å². The lowest BCUT2D eigenvalue weighted by Crippen LogP contribution is -2.29. The number of hydrogen-bond acceptors (Lipinski definition) is 4. The lowest BCUT2D eigenvalue weighted by atomic mass is 9.87. The molecule has 1 aromatic heterocycles. The SMILES string of the molecule is CNc1nnc(C(N)C(C)(C)C)n1C. The van der Waals surface area contributed by atoms with E-state index in [0.717, 1.165) is 11.8 Å². The van der Waals surface area contributed by atoms with Crippen molar-refractivity contribution < 1.29 is 0 Å². The number of anilines is 1. The number of nitrogens with zero attached hydrogens (tertiary/aromatic N) is 3. The third kappa shape index (κ3) is 1.87. The van der Waals surface area contributed by atoms with Gasteiger partial charge in [0.1, 0.15) is 0 Å². The molecule has 80 valence electrons. The van der Waals surface area contributed by atoms with Gasteiger partial charge in [0, 0.05) is 14.1 Å². The first-order valence-corrected chi connectivity index (χ1v) is 4.70. The molecule has 0 aromatic carbocycles. The van der Waals surface area contributed by atoms with Crippen LogP contribution in [0.3, 0.4) is 0 Å². The summed E-state index contributed by atoms with van der Waals surface area (Å²) in [5.41, 5.74) is 6.08. The highest BCUT2D eigenvalue weighted by Gasteiger charge is 2.27. The summed E-state index contributed by atoms with van der Waals surface area (Å²) < 4.78 is 1.88. The van der Waals surface area contributed by atoms with E-state index in [1.807, 2.05) is 18.7 Å². The second-order valence-electron chi connectivity index (χ2n) is 4.53. The van der Waals surface area contributed by atoms with Gasteiger partial charge in [0.05, 0.1) is 6.04 Å². The van der Waals surface area contributed by atoms with Gasteiger partial charge in [0.25, 0.3) is 0 Å². The molecular formula is C9H19N5. The number of nitrogens with one attached hydrogen (secondary N) is 1. The molecule has 5 heteroatoms. The Labute approximate surface area is 84.7 Å². The fourth-order valence-electron chi connectivity index (χ4n) is 1.22. The lowest BCUT2D eigenvalue weighted by Gasteiger charge is -2.25. The van der Waals surface area contributed by atoms with Gasteiger partial charge >= 0.3 is 0 Å². The molecule has 0 aliphatic carbocycles. The molecule has 3 N–H and O–H groups in total. The first kappa shape index (κ1) is 11.0. The summed E-state index contributed by atoms with van der Waals surface area (Å²) in [6.45, 7) is 6.27. The Morgan fingerprint density at radius 2 is 1.93 bits per heavy atom. The molecule has 0 saturated carbocycles. The Kier molecular flexibility index (Phi) is 2.80. The van der Waals surface area contributed by atoms with E-state index < -0.39 is 0 Å². The molecule has 1 atom stereocenters. The molecule has 0 spiro atoms. The van der Waals surface area contributed by atoms with Gasteiger partial charge in [-0.3, -0.25) is 4.57 Å². The van der Waals surface area contributed by atoms with Gasteiger partial charge in [-0.05, 0) is 5.41 Å². The summed E-state index contributed by atoms with van der Waals surface area (Å²) in [6.07, 6.45) is 0. The van der Waals surface area contributed by atoms with Gasteiger partial charge in [0.2, 0.25) is 5.95 Å². The van der Waals surface area contributed by atoms with E-state index in [1.165, 1.54) is 0 Å². The topological polar surface area (TPSA) is 68.8 Å². The van der Waals surface area contributed by atoms with E-state index >= 15 is 0 Å². The zero-order valence-electron chi connectivity index (χ0n) is 9.50. The zero-order chi connectivity index (χ0) is 10.9. The highest BCUT2D eigenvalue weighted by Crippen LogP contribution is 2.29. The van der Waals surface area contributed by atoms with Crippen LogP contribution in [0.1, 0.15) is 32.6 Å². The van der Waals surface area contributed by atoms with Crippen molar-refractivity contribution in [1.82, 2.24) is 14.8 Å². The second kappa shape index (κ2) is 3.57. The number of hydrogen-bond donors (Lipinski definition) is 2. The molecule has 0 bridgehead atoms. The third-order valence-electron chi connectivity index (χ3n) is 2.34. The standard InChI is InChI=1S/C9H19N5/c1-9(2,3)6(10)7-12-13-8(11-4)14(7)5/h6H,10H2,1-5H3,(H,11,13). The van der Waals surface area contributed by atoms with Gasteiger partial charge in [-0.15, -0.1) is 10.2 Å². The van der Waals surface area contributed by atoms with Crippen molar-refractivity contribution in [3.05, 3.63) is 5.82 Å². The quantitative estimate of drug-likeness (QED) is 0.739. The fraction of sp³-hybridized carbons (Fsp3) is 0.778. The Hall–Kier alpha value is -1.10. The van der Waals surface area contributed by atoms with E-state index in [-0.39, 0.29) is 11.5 Å². The van der Waals surface area contributed by atoms with E-state index in [9.17, 15) is 0 Å². The number of aromatic nitrogens is 3. The molecule has 0 aliphatic rings. The predicted octanol–water partition coefficient (Wildman–Crippen LogP) is 0.903. The van der Waals surface area contributed by atoms with Gasteiger partial charge in [-0.25, -0.2) is 0 Å². The van der Waals surface area contributed by atoms with Crippen LogP contribution in [-0.4, -0.2) is 21.8 Å². The normalized spacial score (nSPS) is 14.1. The predicted molar refractivity (Wildman–Crippen MR) is 56.9 cm³/mol. The van der Waals surface area contributed by atoms with Crippen LogP contribution < -0.4 is 11.1 Å². The maximum Gasteiger partial charge on any atom is 0.224 e. The molecular weight excluding hydrogens is 178 g/mol. The van der Waals surface area contributed by atoms with E-state index in [0.29, 0.717) is 0 Å². The monoisotopic (exact) mass is 197 g/mol. The largest absolute Gasteiger partial charge is 0.357 e. The first-order valence-electron chi connectivity index (χ1n) is 4.70. The molecule has 0 amide bonds.